The number of nitrogens with one attached hydrogen (secondary N) is 1. The quantitative estimate of drug-likeness (QED) is 0.700. The Hall–Kier alpha value is -0.221. The van der Waals surface area contributed by atoms with E-state index < -0.39 is 0 Å². The molecule has 0 spiro atoms. The van der Waals surface area contributed by atoms with Gasteiger partial charge in [0, 0.05) is 36.0 Å². The number of halogens is 2. The van der Waals surface area contributed by atoms with Gasteiger partial charge in [0.05, 0.1) is 6.54 Å². The van der Waals surface area contributed by atoms with Gasteiger partial charge in [0.2, 0.25) is 5.96 Å². The van der Waals surface area contributed by atoms with Gasteiger partial charge in [-0.05, 0) is 6.07 Å². The van der Waals surface area contributed by atoms with E-state index in [9.17, 15) is 0 Å². The molecule has 7 heteroatoms. The molecule has 0 aliphatic carbocycles. The van der Waals surface area contributed by atoms with Crippen molar-refractivity contribution >= 4 is 30.8 Å². The minimum Gasteiger partial charge on any atom is -0.353 e. The Bertz CT molecular complexity index is 249. The van der Waals surface area contributed by atoms with E-state index in [-0.39, 0.29) is 41.9 Å². The van der Waals surface area contributed by atoms with Crippen molar-refractivity contribution in [2.24, 2.45) is 4.99 Å². The number of rotatable bonds is 0. The third kappa shape index (κ3) is 3.56. The number of hydrogen-bond donors (Lipinski definition) is 1. The fraction of sp³-hybridized carbons (Fsp3) is 0.333. The van der Waals surface area contributed by atoms with E-state index in [4.69, 9.17) is 0 Å². The maximum Gasteiger partial charge on any atom is 0.219 e. The van der Waals surface area contributed by atoms with Gasteiger partial charge in [-0.3, -0.25) is 0 Å². The van der Waals surface area contributed by atoms with E-state index in [2.05, 4.69) is 15.4 Å². The topological polar surface area (TPSA) is 42.2 Å². The molecule has 0 fully saturated rings. The van der Waals surface area contributed by atoms with Crippen molar-refractivity contribution in [1.82, 2.24) is 15.1 Å². The van der Waals surface area contributed by atoms with E-state index in [1.54, 1.807) is 10.9 Å². The molecule has 0 aromatic carbocycles. The summed E-state index contributed by atoms with van der Waals surface area (Å²) in [6.45, 7) is 1.78. The van der Waals surface area contributed by atoms with Gasteiger partial charge < -0.3 is 5.32 Å². The Morgan fingerprint density at radius 3 is 2.62 bits per heavy atom. The first-order chi connectivity index (χ1) is 4.97. The van der Waals surface area contributed by atoms with Gasteiger partial charge in [-0.1, -0.05) is 0 Å². The van der Waals surface area contributed by atoms with Crippen LogP contribution in [0.1, 0.15) is 0 Å². The van der Waals surface area contributed by atoms with Crippen molar-refractivity contribution in [2.45, 2.75) is 0 Å². The molecule has 4 nitrogen and oxygen atoms in total. The maximum atomic E-state index is 4.18. The van der Waals surface area contributed by atoms with Gasteiger partial charge >= 0.3 is 0 Å². The number of hydrogen-bond acceptors (Lipinski definition) is 3. The summed E-state index contributed by atoms with van der Waals surface area (Å²) in [6, 6.07) is 1.88. The standard InChI is InChI=1S/C6H8N4.2ClH.Cu/c1-2-9-10(5-1)6-7-3-4-8-6;;;/h1-2,5H,3-4H2,(H,7,8);2*1H;. The molecule has 1 aromatic rings. The van der Waals surface area contributed by atoms with Crippen molar-refractivity contribution in [2.75, 3.05) is 13.1 Å². The van der Waals surface area contributed by atoms with Crippen LogP contribution in [0.25, 0.3) is 0 Å². The second kappa shape index (κ2) is 7.21. The monoisotopic (exact) mass is 271 g/mol. The summed E-state index contributed by atoms with van der Waals surface area (Å²) in [5.41, 5.74) is 0. The molecule has 1 radical (unpaired) electrons. The second-order valence-electron chi connectivity index (χ2n) is 2.08. The Balaban J connectivity index is 0. The van der Waals surface area contributed by atoms with Crippen LogP contribution in [0.3, 0.4) is 0 Å². The Morgan fingerprint density at radius 1 is 1.38 bits per heavy atom. The third-order valence-electron chi connectivity index (χ3n) is 1.38. The zero-order valence-corrected chi connectivity index (χ0v) is 9.18. The Morgan fingerprint density at radius 2 is 2.15 bits per heavy atom. The van der Waals surface area contributed by atoms with Crippen LogP contribution in [0.15, 0.2) is 23.5 Å². The van der Waals surface area contributed by atoms with Crippen LogP contribution in [0, 0.1) is 0 Å². The summed E-state index contributed by atoms with van der Waals surface area (Å²) in [5, 5.41) is 7.13. The summed E-state index contributed by atoms with van der Waals surface area (Å²) in [6.07, 6.45) is 3.61. The minimum atomic E-state index is 0. The Labute approximate surface area is 99.5 Å². The molecule has 1 aliphatic rings. The van der Waals surface area contributed by atoms with E-state index in [1.807, 2.05) is 12.3 Å². The van der Waals surface area contributed by atoms with Crippen molar-refractivity contribution < 1.29 is 17.1 Å². The summed E-state index contributed by atoms with van der Waals surface area (Å²) in [5.74, 6) is 0.852. The first-order valence-electron chi connectivity index (χ1n) is 3.25. The molecule has 0 unspecified atom stereocenters. The molecule has 0 saturated heterocycles. The summed E-state index contributed by atoms with van der Waals surface area (Å²) in [7, 11) is 0. The molecule has 0 amide bonds. The van der Waals surface area contributed by atoms with Gasteiger partial charge in [-0.25, -0.2) is 9.67 Å². The molecule has 1 aliphatic heterocycles. The van der Waals surface area contributed by atoms with Crippen LogP contribution >= 0.6 is 24.8 Å². The van der Waals surface area contributed by atoms with Crippen molar-refractivity contribution in [3.63, 3.8) is 0 Å². The van der Waals surface area contributed by atoms with Crippen LogP contribution in [0.5, 0.6) is 0 Å². The molecular formula is C6H10Cl2CuN4. The number of aliphatic imine (C=N–C) groups is 1. The van der Waals surface area contributed by atoms with Crippen LogP contribution in [-0.2, 0) is 17.1 Å². The second-order valence-corrected chi connectivity index (χ2v) is 2.08. The fourth-order valence-electron chi connectivity index (χ4n) is 0.933. The van der Waals surface area contributed by atoms with Crippen LogP contribution in [0.4, 0.5) is 0 Å². The van der Waals surface area contributed by atoms with Crippen molar-refractivity contribution in [3.8, 4) is 0 Å². The predicted molar refractivity (Wildman–Crippen MR) is 52.4 cm³/mol. The van der Waals surface area contributed by atoms with Gasteiger partial charge in [-0.15, -0.1) is 24.8 Å². The zero-order valence-electron chi connectivity index (χ0n) is 6.61. The van der Waals surface area contributed by atoms with Crippen LogP contribution in [-0.4, -0.2) is 28.8 Å². The normalized spacial score (nSPS) is 12.8. The van der Waals surface area contributed by atoms with Gasteiger partial charge in [-0.2, -0.15) is 5.10 Å². The third-order valence-corrected chi connectivity index (χ3v) is 1.38. The van der Waals surface area contributed by atoms with Crippen molar-refractivity contribution in [1.29, 1.82) is 0 Å². The van der Waals surface area contributed by atoms with Crippen molar-refractivity contribution in [3.05, 3.63) is 18.5 Å². The van der Waals surface area contributed by atoms with Gasteiger partial charge in [0.25, 0.3) is 0 Å². The fourth-order valence-corrected chi connectivity index (χ4v) is 0.933. The minimum absolute atomic E-state index is 0. The molecule has 13 heavy (non-hydrogen) atoms. The molecule has 79 valence electrons. The maximum absolute atomic E-state index is 4.18. The Kier molecular flexibility index (Phi) is 8.46. The molecule has 0 atom stereocenters. The predicted octanol–water partition coefficient (Wildman–Crippen LogP) is 0.531. The molecule has 0 bridgehead atoms. The van der Waals surface area contributed by atoms with Gasteiger partial charge in [0.15, 0.2) is 0 Å². The van der Waals surface area contributed by atoms with E-state index in [0.29, 0.717) is 0 Å². The molecular weight excluding hydrogens is 263 g/mol. The summed E-state index contributed by atoms with van der Waals surface area (Å²) >= 11 is 0. The SMILES string of the molecule is Cl.Cl.[Cu].c1cnn(C2=NCCN2)c1. The first kappa shape index (κ1) is 15.3. The molecule has 0 saturated carbocycles. The van der Waals surface area contributed by atoms with Gasteiger partial charge in [0.1, 0.15) is 0 Å². The van der Waals surface area contributed by atoms with Crippen LogP contribution in [0.2, 0.25) is 0 Å². The van der Waals surface area contributed by atoms with E-state index in [0.717, 1.165) is 19.0 Å². The largest absolute Gasteiger partial charge is 0.353 e. The summed E-state index contributed by atoms with van der Waals surface area (Å²) < 4.78 is 1.73. The zero-order chi connectivity index (χ0) is 6.81. The summed E-state index contributed by atoms with van der Waals surface area (Å²) in [4.78, 5) is 4.18. The molecule has 1 aromatic heterocycles. The number of nitrogens with zero attached hydrogens (tertiary/aromatic N) is 3. The molecule has 2 heterocycles. The molecule has 2 rings (SSSR count). The van der Waals surface area contributed by atoms with Crippen LogP contribution < -0.4 is 5.32 Å². The molecule has 1 N–H and O–H groups in total. The first-order valence-corrected chi connectivity index (χ1v) is 3.25. The number of aromatic nitrogens is 2. The van der Waals surface area contributed by atoms with E-state index in [1.165, 1.54) is 0 Å². The average Bonchev–Trinajstić information content (AvgIpc) is 2.59. The average molecular weight is 273 g/mol. The van der Waals surface area contributed by atoms with E-state index >= 15 is 0 Å². The smallest absolute Gasteiger partial charge is 0.219 e.